The molecule has 0 bridgehead atoms. The Hall–Kier alpha value is -2.34. The van der Waals surface area contributed by atoms with Crippen molar-refractivity contribution in [1.29, 1.82) is 0 Å². The minimum atomic E-state index is -3.71. The number of carbonyl (C=O) groups excluding carboxylic acids is 1. The number of rotatable bonds is 7. The third kappa shape index (κ3) is 5.08. The van der Waals surface area contributed by atoms with Crippen LogP contribution in [0.15, 0.2) is 47.4 Å². The van der Waals surface area contributed by atoms with E-state index >= 15 is 0 Å². The lowest BCUT2D eigenvalue weighted by Gasteiger charge is -2.15. The van der Waals surface area contributed by atoms with Crippen LogP contribution in [0.25, 0.3) is 0 Å². The van der Waals surface area contributed by atoms with Gasteiger partial charge in [-0.15, -0.1) is 0 Å². The van der Waals surface area contributed by atoms with Gasteiger partial charge in [-0.1, -0.05) is 37.1 Å². The van der Waals surface area contributed by atoms with E-state index in [9.17, 15) is 13.2 Å². The number of hydrogen-bond donors (Lipinski definition) is 2. The molecule has 0 radical (unpaired) electrons. The van der Waals surface area contributed by atoms with E-state index < -0.39 is 10.0 Å². The third-order valence-electron chi connectivity index (χ3n) is 4.17. The van der Waals surface area contributed by atoms with E-state index in [0.29, 0.717) is 11.3 Å². The summed E-state index contributed by atoms with van der Waals surface area (Å²) >= 11 is 0. The quantitative estimate of drug-likeness (QED) is 0.768. The zero-order valence-electron chi connectivity index (χ0n) is 15.7. The van der Waals surface area contributed by atoms with Gasteiger partial charge in [0.1, 0.15) is 0 Å². The Balaban J connectivity index is 2.24. The Morgan fingerprint density at radius 3 is 2.35 bits per heavy atom. The van der Waals surface area contributed by atoms with Gasteiger partial charge in [0.05, 0.1) is 10.6 Å². The first-order valence-electron chi connectivity index (χ1n) is 8.74. The van der Waals surface area contributed by atoms with Crippen LogP contribution < -0.4 is 10.0 Å². The van der Waals surface area contributed by atoms with Crippen molar-refractivity contribution in [3.63, 3.8) is 0 Å². The molecule has 6 heteroatoms. The van der Waals surface area contributed by atoms with Gasteiger partial charge in [-0.3, -0.25) is 9.52 Å². The average Bonchev–Trinajstić information content (AvgIpc) is 2.57. The van der Waals surface area contributed by atoms with Crippen molar-refractivity contribution < 1.29 is 13.2 Å². The number of benzene rings is 2. The Labute approximate surface area is 155 Å². The van der Waals surface area contributed by atoms with E-state index in [1.54, 1.807) is 49.4 Å². The predicted molar refractivity (Wildman–Crippen MR) is 105 cm³/mol. The lowest BCUT2D eigenvalue weighted by Crippen LogP contribution is -2.32. The van der Waals surface area contributed by atoms with Crippen LogP contribution in [0, 0.1) is 13.8 Å². The molecule has 0 aliphatic rings. The van der Waals surface area contributed by atoms with E-state index in [1.807, 2.05) is 13.8 Å². The molecule has 2 N–H and O–H groups in total. The molecule has 0 aliphatic heterocycles. The van der Waals surface area contributed by atoms with Gasteiger partial charge in [0.15, 0.2) is 0 Å². The highest BCUT2D eigenvalue weighted by Gasteiger charge is 2.17. The zero-order chi connectivity index (χ0) is 19.3. The maximum atomic E-state index is 12.6. The number of carbonyl (C=O) groups is 1. The number of sulfonamides is 1. The van der Waals surface area contributed by atoms with Crippen LogP contribution in [0.4, 0.5) is 5.69 Å². The van der Waals surface area contributed by atoms with Gasteiger partial charge in [-0.2, -0.15) is 0 Å². The van der Waals surface area contributed by atoms with Crippen molar-refractivity contribution in [1.82, 2.24) is 5.32 Å². The second-order valence-electron chi connectivity index (χ2n) is 6.61. The van der Waals surface area contributed by atoms with E-state index in [-0.39, 0.29) is 16.8 Å². The number of hydrogen-bond acceptors (Lipinski definition) is 3. The van der Waals surface area contributed by atoms with Crippen molar-refractivity contribution in [2.45, 2.75) is 51.5 Å². The van der Waals surface area contributed by atoms with Gasteiger partial charge in [0.25, 0.3) is 15.9 Å². The molecule has 2 rings (SSSR count). The minimum absolute atomic E-state index is 0.0708. The number of nitrogens with one attached hydrogen (secondary N) is 2. The SMILES string of the molecule is CCCC(C)NC(=O)c1ccc(C)c(NS(=O)(=O)c2ccc(C)cc2)c1. The summed E-state index contributed by atoms with van der Waals surface area (Å²) in [5.74, 6) is -0.207. The van der Waals surface area contributed by atoms with Gasteiger partial charge in [0.2, 0.25) is 0 Å². The van der Waals surface area contributed by atoms with Crippen molar-refractivity contribution in [2.75, 3.05) is 4.72 Å². The highest BCUT2D eigenvalue weighted by molar-refractivity contribution is 7.92. The summed E-state index contributed by atoms with van der Waals surface area (Å²) in [6.45, 7) is 7.72. The average molecular weight is 375 g/mol. The Morgan fingerprint density at radius 1 is 1.08 bits per heavy atom. The predicted octanol–water partition coefficient (Wildman–Crippen LogP) is 4.02. The molecule has 1 unspecified atom stereocenters. The molecule has 0 saturated heterocycles. The van der Waals surface area contributed by atoms with E-state index in [2.05, 4.69) is 17.0 Å². The number of amides is 1. The molecule has 0 aliphatic carbocycles. The van der Waals surface area contributed by atoms with Crippen LogP contribution in [-0.2, 0) is 10.0 Å². The van der Waals surface area contributed by atoms with E-state index in [0.717, 1.165) is 24.0 Å². The van der Waals surface area contributed by atoms with E-state index in [1.165, 1.54) is 0 Å². The molecule has 0 fully saturated rings. The van der Waals surface area contributed by atoms with Gasteiger partial charge >= 0.3 is 0 Å². The number of aryl methyl sites for hydroxylation is 2. The Bertz CT molecular complexity index is 874. The van der Waals surface area contributed by atoms with Crippen LogP contribution in [-0.4, -0.2) is 20.4 Å². The summed E-state index contributed by atoms with van der Waals surface area (Å²) in [7, 11) is -3.71. The molecule has 5 nitrogen and oxygen atoms in total. The summed E-state index contributed by atoms with van der Waals surface area (Å²) < 4.78 is 27.8. The highest BCUT2D eigenvalue weighted by Crippen LogP contribution is 2.22. The lowest BCUT2D eigenvalue weighted by molar-refractivity contribution is 0.0938. The topological polar surface area (TPSA) is 75.3 Å². The molecule has 2 aromatic carbocycles. The molecule has 0 heterocycles. The third-order valence-corrected chi connectivity index (χ3v) is 5.56. The molecular formula is C20H26N2O3S. The second kappa shape index (κ2) is 8.36. The van der Waals surface area contributed by atoms with Gasteiger partial charge in [-0.25, -0.2) is 8.42 Å². The fraction of sp³-hybridized carbons (Fsp3) is 0.350. The van der Waals surface area contributed by atoms with Crippen LogP contribution in [0.5, 0.6) is 0 Å². The second-order valence-corrected chi connectivity index (χ2v) is 8.29. The molecule has 0 aromatic heterocycles. The fourth-order valence-corrected chi connectivity index (χ4v) is 3.73. The maximum absolute atomic E-state index is 12.6. The molecule has 1 atom stereocenters. The summed E-state index contributed by atoms with van der Waals surface area (Å²) in [4.78, 5) is 12.6. The van der Waals surface area contributed by atoms with E-state index in [4.69, 9.17) is 0 Å². The van der Waals surface area contributed by atoms with Crippen molar-refractivity contribution in [3.8, 4) is 0 Å². The molecule has 1 amide bonds. The first-order chi connectivity index (χ1) is 12.2. The Kier molecular flexibility index (Phi) is 6.42. The Morgan fingerprint density at radius 2 is 1.73 bits per heavy atom. The maximum Gasteiger partial charge on any atom is 0.261 e. The summed E-state index contributed by atoms with van der Waals surface area (Å²) in [5.41, 5.74) is 2.57. The number of anilines is 1. The van der Waals surface area contributed by atoms with Gasteiger partial charge < -0.3 is 5.32 Å². The van der Waals surface area contributed by atoms with Crippen molar-refractivity contribution in [2.24, 2.45) is 0 Å². The molecule has 0 spiro atoms. The summed E-state index contributed by atoms with van der Waals surface area (Å²) in [5, 5.41) is 2.93. The summed E-state index contributed by atoms with van der Waals surface area (Å²) in [6, 6.07) is 11.7. The molecular weight excluding hydrogens is 348 g/mol. The molecule has 2 aromatic rings. The fourth-order valence-electron chi connectivity index (χ4n) is 2.61. The lowest BCUT2D eigenvalue weighted by atomic mass is 10.1. The minimum Gasteiger partial charge on any atom is -0.350 e. The first kappa shape index (κ1) is 20.0. The van der Waals surface area contributed by atoms with Gasteiger partial charge in [-0.05, 0) is 57.0 Å². The van der Waals surface area contributed by atoms with Crippen LogP contribution in [0.3, 0.4) is 0 Å². The van der Waals surface area contributed by atoms with Crippen molar-refractivity contribution in [3.05, 3.63) is 59.2 Å². The molecule has 0 saturated carbocycles. The van der Waals surface area contributed by atoms with Gasteiger partial charge in [0, 0.05) is 11.6 Å². The molecule has 140 valence electrons. The first-order valence-corrected chi connectivity index (χ1v) is 10.2. The monoisotopic (exact) mass is 374 g/mol. The zero-order valence-corrected chi connectivity index (χ0v) is 16.5. The van der Waals surface area contributed by atoms with Crippen LogP contribution >= 0.6 is 0 Å². The summed E-state index contributed by atoms with van der Waals surface area (Å²) in [6.07, 6.45) is 1.88. The van der Waals surface area contributed by atoms with Crippen LogP contribution in [0.2, 0.25) is 0 Å². The largest absolute Gasteiger partial charge is 0.350 e. The smallest absolute Gasteiger partial charge is 0.261 e. The molecule has 26 heavy (non-hydrogen) atoms. The van der Waals surface area contributed by atoms with Crippen molar-refractivity contribution >= 4 is 21.6 Å². The normalized spacial score (nSPS) is 12.5. The van der Waals surface area contributed by atoms with Crippen LogP contribution in [0.1, 0.15) is 48.2 Å². The highest BCUT2D eigenvalue weighted by atomic mass is 32.2. The standard InChI is InChI=1S/C20H26N2O3S/c1-5-6-16(4)21-20(23)17-10-9-15(3)19(13-17)22-26(24,25)18-11-7-14(2)8-12-18/h7-13,16,22H,5-6H2,1-4H3,(H,21,23).